The maximum absolute atomic E-state index is 10.8. The van der Waals surface area contributed by atoms with E-state index in [1.165, 1.54) is 5.56 Å². The summed E-state index contributed by atoms with van der Waals surface area (Å²) >= 11 is 0. The number of carbonyl (C=O) groups is 1. The summed E-state index contributed by atoms with van der Waals surface area (Å²) in [6, 6.07) is 10.1. The molecule has 1 atom stereocenters. The van der Waals surface area contributed by atoms with Gasteiger partial charge < -0.3 is 16.0 Å². The summed E-state index contributed by atoms with van der Waals surface area (Å²) in [6.07, 6.45) is 1.00. The zero-order valence-electron chi connectivity index (χ0n) is 11.2. The minimum absolute atomic E-state index is 0.246. The summed E-state index contributed by atoms with van der Waals surface area (Å²) in [5.41, 5.74) is 6.49. The van der Waals surface area contributed by atoms with Gasteiger partial charge in [0.15, 0.2) is 0 Å². The number of carbonyl (C=O) groups excluding carboxylic acids is 1. The van der Waals surface area contributed by atoms with Crippen LogP contribution >= 0.6 is 0 Å². The highest BCUT2D eigenvalue weighted by Gasteiger charge is 2.06. The van der Waals surface area contributed by atoms with Crippen LogP contribution < -0.4 is 11.1 Å². The fraction of sp³-hybridized carbons (Fsp3) is 0.500. The molecule has 0 radical (unpaired) electrons. The van der Waals surface area contributed by atoms with Crippen LogP contribution in [0.15, 0.2) is 30.3 Å². The lowest BCUT2D eigenvalue weighted by atomic mass is 10.2. The number of nitrogens with one attached hydrogen (secondary N) is 1. The van der Waals surface area contributed by atoms with Crippen molar-refractivity contribution in [2.45, 2.75) is 25.9 Å². The van der Waals surface area contributed by atoms with Crippen molar-refractivity contribution < 1.29 is 4.79 Å². The predicted octanol–water partition coefficient (Wildman–Crippen LogP) is 0.972. The monoisotopic (exact) mass is 249 g/mol. The summed E-state index contributed by atoms with van der Waals surface area (Å²) in [5.74, 6) is -0.298. The van der Waals surface area contributed by atoms with Crippen LogP contribution in [0.1, 0.15) is 18.9 Å². The molecule has 18 heavy (non-hydrogen) atoms. The maximum Gasteiger partial charge on any atom is 0.234 e. The maximum atomic E-state index is 10.8. The van der Waals surface area contributed by atoms with Crippen LogP contribution in [0.3, 0.4) is 0 Å². The molecule has 0 aliphatic rings. The number of rotatable bonds is 8. The first-order valence-corrected chi connectivity index (χ1v) is 6.34. The van der Waals surface area contributed by atoms with Gasteiger partial charge in [0.25, 0.3) is 0 Å². The summed E-state index contributed by atoms with van der Waals surface area (Å²) in [4.78, 5) is 13.1. The van der Waals surface area contributed by atoms with Crippen molar-refractivity contribution in [3.63, 3.8) is 0 Å². The Morgan fingerprint density at radius 2 is 2.06 bits per heavy atom. The van der Waals surface area contributed by atoms with Gasteiger partial charge in [-0.25, -0.2) is 0 Å². The second kappa shape index (κ2) is 7.84. The molecule has 1 aromatic carbocycles. The number of benzene rings is 1. The van der Waals surface area contributed by atoms with Crippen LogP contribution in [0.4, 0.5) is 0 Å². The molecule has 0 bridgehead atoms. The second-order valence-electron chi connectivity index (χ2n) is 4.66. The fourth-order valence-corrected chi connectivity index (χ4v) is 1.74. The molecule has 0 aromatic heterocycles. The summed E-state index contributed by atoms with van der Waals surface area (Å²) in [7, 11) is 2.10. The van der Waals surface area contributed by atoms with E-state index in [9.17, 15) is 4.79 Å². The molecule has 4 heteroatoms. The van der Waals surface area contributed by atoms with Crippen molar-refractivity contribution in [1.29, 1.82) is 0 Å². The molecule has 3 N–H and O–H groups in total. The van der Waals surface area contributed by atoms with E-state index in [1.807, 2.05) is 6.07 Å². The van der Waals surface area contributed by atoms with Gasteiger partial charge in [-0.1, -0.05) is 30.3 Å². The lowest BCUT2D eigenvalue weighted by molar-refractivity contribution is -0.119. The molecule has 0 saturated carbocycles. The third kappa shape index (κ3) is 5.80. The minimum Gasteiger partial charge on any atom is -0.368 e. The number of nitrogens with zero attached hydrogens (tertiary/aromatic N) is 1. The molecule has 4 nitrogen and oxygen atoms in total. The van der Waals surface area contributed by atoms with E-state index in [0.29, 0.717) is 0 Å². The zero-order valence-corrected chi connectivity index (χ0v) is 11.2. The van der Waals surface area contributed by atoms with Gasteiger partial charge in [-0.3, -0.25) is 4.79 Å². The van der Waals surface area contributed by atoms with Gasteiger partial charge >= 0.3 is 0 Å². The van der Waals surface area contributed by atoms with Gasteiger partial charge in [-0.15, -0.1) is 0 Å². The van der Waals surface area contributed by atoms with Crippen molar-refractivity contribution in [3.05, 3.63) is 35.9 Å². The first kappa shape index (κ1) is 14.7. The number of hydrogen-bond donors (Lipinski definition) is 2. The normalized spacial score (nSPS) is 12.6. The van der Waals surface area contributed by atoms with Gasteiger partial charge in [0.2, 0.25) is 5.91 Å². The van der Waals surface area contributed by atoms with Gasteiger partial charge in [0.1, 0.15) is 0 Å². The van der Waals surface area contributed by atoms with E-state index in [1.54, 1.807) is 6.92 Å². The molecule has 0 spiro atoms. The Balaban J connectivity index is 2.14. The number of amides is 1. The SMILES string of the molecule is CC(NCCCN(C)Cc1ccccc1)C(N)=O. The van der Waals surface area contributed by atoms with Crippen LogP contribution in [-0.2, 0) is 11.3 Å². The van der Waals surface area contributed by atoms with E-state index in [4.69, 9.17) is 5.73 Å². The van der Waals surface area contributed by atoms with Gasteiger partial charge in [-0.2, -0.15) is 0 Å². The lowest BCUT2D eigenvalue weighted by Crippen LogP contribution is -2.39. The Kier molecular flexibility index (Phi) is 6.39. The lowest BCUT2D eigenvalue weighted by Gasteiger charge is -2.17. The molecule has 1 unspecified atom stereocenters. The van der Waals surface area contributed by atoms with E-state index >= 15 is 0 Å². The summed E-state index contributed by atoms with van der Waals surface area (Å²) < 4.78 is 0. The quantitative estimate of drug-likeness (QED) is 0.675. The molecule has 1 aromatic rings. The molecular formula is C14H23N3O. The molecule has 0 aliphatic heterocycles. The van der Waals surface area contributed by atoms with E-state index < -0.39 is 0 Å². The first-order valence-electron chi connectivity index (χ1n) is 6.34. The third-order valence-corrected chi connectivity index (χ3v) is 2.89. The van der Waals surface area contributed by atoms with Gasteiger partial charge in [0, 0.05) is 6.54 Å². The van der Waals surface area contributed by atoms with Crippen LogP contribution in [-0.4, -0.2) is 37.0 Å². The fourth-order valence-electron chi connectivity index (χ4n) is 1.74. The van der Waals surface area contributed by atoms with Crippen LogP contribution in [0.5, 0.6) is 0 Å². The van der Waals surface area contributed by atoms with Crippen molar-refractivity contribution in [1.82, 2.24) is 10.2 Å². The predicted molar refractivity (Wildman–Crippen MR) is 74.1 cm³/mol. The molecule has 1 rings (SSSR count). The summed E-state index contributed by atoms with van der Waals surface area (Å²) in [5, 5.41) is 3.10. The molecule has 1 amide bonds. The molecule has 0 aliphatic carbocycles. The van der Waals surface area contributed by atoms with E-state index in [2.05, 4.69) is 41.5 Å². The molecular weight excluding hydrogens is 226 g/mol. The Morgan fingerprint density at radius 1 is 1.39 bits per heavy atom. The zero-order chi connectivity index (χ0) is 13.4. The minimum atomic E-state index is -0.298. The standard InChI is InChI=1S/C14H23N3O/c1-12(14(15)18)16-9-6-10-17(2)11-13-7-4-3-5-8-13/h3-5,7-8,12,16H,6,9-11H2,1-2H3,(H2,15,18). The number of nitrogens with two attached hydrogens (primary N) is 1. The van der Waals surface area contributed by atoms with E-state index in [0.717, 1.165) is 26.1 Å². The van der Waals surface area contributed by atoms with Crippen LogP contribution in [0.2, 0.25) is 0 Å². The highest BCUT2D eigenvalue weighted by molar-refractivity contribution is 5.79. The highest BCUT2D eigenvalue weighted by Crippen LogP contribution is 2.02. The topological polar surface area (TPSA) is 58.4 Å². The van der Waals surface area contributed by atoms with Crippen molar-refractivity contribution in [2.75, 3.05) is 20.1 Å². The smallest absolute Gasteiger partial charge is 0.234 e. The molecule has 100 valence electrons. The average molecular weight is 249 g/mol. The number of primary amides is 1. The third-order valence-electron chi connectivity index (χ3n) is 2.89. The summed E-state index contributed by atoms with van der Waals surface area (Å²) in [6.45, 7) is 4.54. The Hall–Kier alpha value is -1.39. The van der Waals surface area contributed by atoms with Crippen molar-refractivity contribution in [3.8, 4) is 0 Å². The van der Waals surface area contributed by atoms with Gasteiger partial charge in [-0.05, 0) is 39.0 Å². The van der Waals surface area contributed by atoms with E-state index in [-0.39, 0.29) is 11.9 Å². The average Bonchev–Trinajstić information content (AvgIpc) is 2.35. The van der Waals surface area contributed by atoms with Crippen molar-refractivity contribution >= 4 is 5.91 Å². The van der Waals surface area contributed by atoms with Gasteiger partial charge in [0.05, 0.1) is 6.04 Å². The first-order chi connectivity index (χ1) is 8.59. The Bertz CT molecular complexity index is 353. The molecule has 0 heterocycles. The second-order valence-corrected chi connectivity index (χ2v) is 4.66. The Labute approximate surface area is 109 Å². The molecule has 0 saturated heterocycles. The largest absolute Gasteiger partial charge is 0.368 e. The highest BCUT2D eigenvalue weighted by atomic mass is 16.1. The van der Waals surface area contributed by atoms with Crippen LogP contribution in [0, 0.1) is 0 Å². The Morgan fingerprint density at radius 3 is 2.67 bits per heavy atom. The molecule has 0 fully saturated rings. The van der Waals surface area contributed by atoms with Crippen molar-refractivity contribution in [2.24, 2.45) is 5.73 Å². The van der Waals surface area contributed by atoms with Crippen LogP contribution in [0.25, 0.3) is 0 Å². The number of hydrogen-bond acceptors (Lipinski definition) is 3.